The van der Waals surface area contributed by atoms with Gasteiger partial charge in [-0.3, -0.25) is 9.48 Å². The van der Waals surface area contributed by atoms with E-state index in [1.807, 2.05) is 18.4 Å². The van der Waals surface area contributed by atoms with Gasteiger partial charge < -0.3 is 5.32 Å². The number of rotatable bonds is 5. The second-order valence-electron chi connectivity index (χ2n) is 5.69. The Morgan fingerprint density at radius 2 is 2.00 bits per heavy atom. The molecule has 3 rings (SSSR count). The summed E-state index contributed by atoms with van der Waals surface area (Å²) in [6, 6.07) is 10.1. The molecular weight excluding hydrogens is 320 g/mol. The molecule has 6 heteroatoms. The summed E-state index contributed by atoms with van der Waals surface area (Å²) in [4.78, 5) is 16.9. The summed E-state index contributed by atoms with van der Waals surface area (Å²) >= 11 is 1.59. The number of nitrogens with zero attached hydrogens (tertiary/aromatic N) is 3. The highest BCUT2D eigenvalue weighted by molar-refractivity contribution is 7.13. The van der Waals surface area contributed by atoms with E-state index in [0.717, 1.165) is 28.4 Å². The Kier molecular flexibility index (Phi) is 4.76. The second-order valence-corrected chi connectivity index (χ2v) is 6.55. The monoisotopic (exact) mass is 340 g/mol. The molecular formula is C18H20N4OS. The van der Waals surface area contributed by atoms with Crippen LogP contribution in [0.1, 0.15) is 34.4 Å². The second kappa shape index (κ2) is 6.97. The first-order valence-corrected chi connectivity index (χ1v) is 8.77. The van der Waals surface area contributed by atoms with Crippen molar-refractivity contribution >= 4 is 17.2 Å². The molecule has 1 amide bonds. The lowest BCUT2D eigenvalue weighted by molar-refractivity contribution is 0.0941. The molecule has 0 saturated carbocycles. The van der Waals surface area contributed by atoms with Gasteiger partial charge in [-0.15, -0.1) is 11.3 Å². The maximum absolute atomic E-state index is 12.3. The molecule has 1 aromatic carbocycles. The summed E-state index contributed by atoms with van der Waals surface area (Å²) < 4.78 is 1.62. The Balaban J connectivity index is 1.65. The first-order valence-electron chi connectivity index (χ1n) is 7.89. The van der Waals surface area contributed by atoms with Crippen molar-refractivity contribution in [2.45, 2.75) is 26.8 Å². The van der Waals surface area contributed by atoms with Crippen LogP contribution in [0.3, 0.4) is 0 Å². The summed E-state index contributed by atoms with van der Waals surface area (Å²) in [6.45, 7) is 4.49. The molecule has 0 saturated heterocycles. The molecule has 2 aromatic heterocycles. The van der Waals surface area contributed by atoms with E-state index in [9.17, 15) is 4.79 Å². The highest BCUT2D eigenvalue weighted by Gasteiger charge is 2.13. The number of nitrogens with one attached hydrogen (secondary N) is 1. The lowest BCUT2D eigenvalue weighted by Crippen LogP contribution is -2.25. The van der Waals surface area contributed by atoms with Crippen molar-refractivity contribution in [2.24, 2.45) is 7.05 Å². The van der Waals surface area contributed by atoms with Crippen LogP contribution in [0.5, 0.6) is 0 Å². The highest BCUT2D eigenvalue weighted by Crippen LogP contribution is 2.23. The van der Waals surface area contributed by atoms with Gasteiger partial charge in [0.2, 0.25) is 0 Å². The zero-order chi connectivity index (χ0) is 17.1. The number of amides is 1. The third-order valence-electron chi connectivity index (χ3n) is 3.81. The van der Waals surface area contributed by atoms with Crippen LogP contribution in [0.15, 0.2) is 35.7 Å². The number of benzene rings is 1. The van der Waals surface area contributed by atoms with Crippen LogP contribution in [-0.4, -0.2) is 20.7 Å². The number of hydrogen-bond acceptors (Lipinski definition) is 4. The molecule has 0 aliphatic rings. The molecule has 0 bridgehead atoms. The van der Waals surface area contributed by atoms with Gasteiger partial charge in [0, 0.05) is 18.0 Å². The van der Waals surface area contributed by atoms with Crippen molar-refractivity contribution in [1.82, 2.24) is 20.1 Å². The fourth-order valence-corrected chi connectivity index (χ4v) is 3.22. The summed E-state index contributed by atoms with van der Waals surface area (Å²) in [5.41, 5.74) is 4.67. The maximum atomic E-state index is 12.3. The first-order chi connectivity index (χ1) is 11.6. The molecule has 0 fully saturated rings. The molecule has 24 heavy (non-hydrogen) atoms. The minimum Gasteiger partial charge on any atom is -0.345 e. The van der Waals surface area contributed by atoms with Gasteiger partial charge in [0.15, 0.2) is 0 Å². The molecule has 3 aromatic rings. The molecule has 124 valence electrons. The van der Waals surface area contributed by atoms with Crippen LogP contribution < -0.4 is 5.32 Å². The van der Waals surface area contributed by atoms with E-state index < -0.39 is 0 Å². The molecule has 5 nitrogen and oxygen atoms in total. The fraction of sp³-hybridized carbons (Fsp3) is 0.278. The normalized spacial score (nSPS) is 10.8. The van der Waals surface area contributed by atoms with Gasteiger partial charge in [-0.05, 0) is 19.4 Å². The molecule has 0 spiro atoms. The standard InChI is InChI=1S/C18H20N4OS/c1-4-14-9-16(22(3)21-14)17(23)19-10-15-11-24-18(20-15)13-7-5-12(2)6-8-13/h5-9,11H,4,10H2,1-3H3,(H,19,23). The Morgan fingerprint density at radius 3 is 2.67 bits per heavy atom. The minimum atomic E-state index is -0.130. The average Bonchev–Trinajstić information content (AvgIpc) is 3.20. The highest BCUT2D eigenvalue weighted by atomic mass is 32.1. The predicted molar refractivity (Wildman–Crippen MR) is 96.0 cm³/mol. The van der Waals surface area contributed by atoms with E-state index in [1.165, 1.54) is 5.56 Å². The van der Waals surface area contributed by atoms with Gasteiger partial charge >= 0.3 is 0 Å². The van der Waals surface area contributed by atoms with Gasteiger partial charge in [0.05, 0.1) is 17.9 Å². The van der Waals surface area contributed by atoms with Crippen LogP contribution >= 0.6 is 11.3 Å². The Bertz CT molecular complexity index is 848. The van der Waals surface area contributed by atoms with Crippen LogP contribution in [0.25, 0.3) is 10.6 Å². The zero-order valence-corrected chi connectivity index (χ0v) is 14.9. The molecule has 0 unspecified atom stereocenters. The van der Waals surface area contributed by atoms with Gasteiger partial charge in [-0.25, -0.2) is 4.98 Å². The van der Waals surface area contributed by atoms with Crippen LogP contribution in [-0.2, 0) is 20.0 Å². The predicted octanol–water partition coefficient (Wildman–Crippen LogP) is 3.34. The quantitative estimate of drug-likeness (QED) is 0.775. The molecule has 2 heterocycles. The smallest absolute Gasteiger partial charge is 0.269 e. The number of carbonyl (C=O) groups excluding carboxylic acids is 1. The van der Waals surface area contributed by atoms with Gasteiger partial charge in [-0.2, -0.15) is 5.10 Å². The Labute approximate surface area is 145 Å². The van der Waals surface area contributed by atoms with E-state index in [2.05, 4.69) is 46.6 Å². The lowest BCUT2D eigenvalue weighted by atomic mass is 10.2. The topological polar surface area (TPSA) is 59.8 Å². The SMILES string of the molecule is CCc1cc(C(=O)NCc2csc(-c3ccc(C)cc3)n2)n(C)n1. The van der Waals surface area contributed by atoms with E-state index in [4.69, 9.17) is 0 Å². The van der Waals surface area contributed by atoms with Crippen molar-refractivity contribution in [2.75, 3.05) is 0 Å². The largest absolute Gasteiger partial charge is 0.345 e. The average molecular weight is 340 g/mol. The first kappa shape index (κ1) is 16.4. The number of hydrogen-bond donors (Lipinski definition) is 1. The Morgan fingerprint density at radius 1 is 1.25 bits per heavy atom. The van der Waals surface area contributed by atoms with E-state index in [-0.39, 0.29) is 5.91 Å². The summed E-state index contributed by atoms with van der Waals surface area (Å²) in [5.74, 6) is -0.130. The van der Waals surface area contributed by atoms with E-state index >= 15 is 0 Å². The number of carbonyl (C=O) groups is 1. The molecule has 0 aliphatic carbocycles. The Hall–Kier alpha value is -2.47. The van der Waals surface area contributed by atoms with Crippen LogP contribution in [0.4, 0.5) is 0 Å². The van der Waals surface area contributed by atoms with Gasteiger partial charge in [0.1, 0.15) is 10.7 Å². The van der Waals surface area contributed by atoms with E-state index in [1.54, 1.807) is 23.1 Å². The molecule has 1 N–H and O–H groups in total. The van der Waals surface area contributed by atoms with Gasteiger partial charge in [-0.1, -0.05) is 36.8 Å². The van der Waals surface area contributed by atoms with Crippen molar-refractivity contribution in [3.05, 3.63) is 58.4 Å². The fourth-order valence-electron chi connectivity index (χ4n) is 2.39. The summed E-state index contributed by atoms with van der Waals surface area (Å²) in [7, 11) is 1.78. The lowest BCUT2D eigenvalue weighted by Gasteiger charge is -2.03. The molecule has 0 radical (unpaired) electrons. The van der Waals surface area contributed by atoms with Crippen molar-refractivity contribution in [1.29, 1.82) is 0 Å². The van der Waals surface area contributed by atoms with Crippen LogP contribution in [0.2, 0.25) is 0 Å². The number of aromatic nitrogens is 3. The summed E-state index contributed by atoms with van der Waals surface area (Å²) in [5, 5.41) is 10.2. The maximum Gasteiger partial charge on any atom is 0.269 e. The van der Waals surface area contributed by atoms with E-state index in [0.29, 0.717) is 12.2 Å². The van der Waals surface area contributed by atoms with Crippen molar-refractivity contribution in [3.8, 4) is 10.6 Å². The van der Waals surface area contributed by atoms with Crippen LogP contribution in [0, 0.1) is 6.92 Å². The third kappa shape index (κ3) is 3.54. The minimum absolute atomic E-state index is 0.130. The third-order valence-corrected chi connectivity index (χ3v) is 4.75. The van der Waals surface area contributed by atoms with Crippen molar-refractivity contribution < 1.29 is 4.79 Å². The number of aryl methyl sites for hydroxylation is 3. The number of thiazole rings is 1. The molecule has 0 aliphatic heterocycles. The molecule has 0 atom stereocenters. The van der Waals surface area contributed by atoms with Gasteiger partial charge in [0.25, 0.3) is 5.91 Å². The zero-order valence-electron chi connectivity index (χ0n) is 14.0. The summed E-state index contributed by atoms with van der Waals surface area (Å²) in [6.07, 6.45) is 0.813. The van der Waals surface area contributed by atoms with Crippen molar-refractivity contribution in [3.63, 3.8) is 0 Å².